The number of hydrogen-bond donors (Lipinski definition) is 2. The minimum Gasteiger partial charge on any atom is -0.372 e. The van der Waals surface area contributed by atoms with Gasteiger partial charge in [0.25, 0.3) is 5.91 Å². The predicted molar refractivity (Wildman–Crippen MR) is 91.7 cm³/mol. The zero-order valence-corrected chi connectivity index (χ0v) is 13.2. The van der Waals surface area contributed by atoms with E-state index >= 15 is 0 Å². The first kappa shape index (κ1) is 15.4. The van der Waals surface area contributed by atoms with Crippen LogP contribution in [0.25, 0.3) is 0 Å². The van der Waals surface area contributed by atoms with Gasteiger partial charge in [-0.15, -0.1) is 12.6 Å². The molecule has 4 heteroatoms. The fourth-order valence-corrected chi connectivity index (χ4v) is 2.31. The molecule has 2 aromatic rings. The number of nitrogens with zero attached hydrogens (tertiary/aromatic N) is 1. The van der Waals surface area contributed by atoms with Crippen LogP contribution in [-0.4, -0.2) is 19.0 Å². The van der Waals surface area contributed by atoms with E-state index in [2.05, 4.69) is 36.7 Å². The quantitative estimate of drug-likeness (QED) is 0.816. The number of nitrogens with one attached hydrogen (secondary N) is 1. The van der Waals surface area contributed by atoms with Gasteiger partial charge in [-0.05, 0) is 62.4 Å². The molecular formula is C17H20N2OS. The van der Waals surface area contributed by atoms with E-state index in [0.717, 1.165) is 29.4 Å². The van der Waals surface area contributed by atoms with Crippen molar-refractivity contribution in [3.63, 3.8) is 0 Å². The second-order valence-corrected chi connectivity index (χ2v) is 5.24. The van der Waals surface area contributed by atoms with E-state index < -0.39 is 0 Å². The molecule has 110 valence electrons. The van der Waals surface area contributed by atoms with Crippen molar-refractivity contribution in [2.24, 2.45) is 0 Å². The SMILES string of the molecule is CCN(CC)c1ccc(NC(=O)c2ccc(S)cc2)cc1. The zero-order chi connectivity index (χ0) is 15.2. The molecule has 0 saturated carbocycles. The summed E-state index contributed by atoms with van der Waals surface area (Å²) < 4.78 is 0. The number of rotatable bonds is 5. The molecule has 21 heavy (non-hydrogen) atoms. The van der Waals surface area contributed by atoms with E-state index in [9.17, 15) is 4.79 Å². The van der Waals surface area contributed by atoms with Gasteiger partial charge in [0.2, 0.25) is 0 Å². The summed E-state index contributed by atoms with van der Waals surface area (Å²) in [4.78, 5) is 15.2. The van der Waals surface area contributed by atoms with Crippen LogP contribution in [0.4, 0.5) is 11.4 Å². The standard InChI is InChI=1S/C17H20N2OS/c1-3-19(4-2)15-9-7-14(8-10-15)18-17(20)13-5-11-16(21)12-6-13/h5-12,21H,3-4H2,1-2H3,(H,18,20). The normalized spacial score (nSPS) is 10.2. The van der Waals surface area contributed by atoms with Crippen LogP contribution in [-0.2, 0) is 0 Å². The summed E-state index contributed by atoms with van der Waals surface area (Å²) in [6, 6.07) is 15.1. The maximum Gasteiger partial charge on any atom is 0.255 e. The molecule has 2 aromatic carbocycles. The summed E-state index contributed by atoms with van der Waals surface area (Å²) in [5, 5.41) is 2.90. The molecule has 0 radical (unpaired) electrons. The number of carbonyl (C=O) groups is 1. The van der Waals surface area contributed by atoms with Gasteiger partial charge in [0.1, 0.15) is 0 Å². The van der Waals surface area contributed by atoms with Gasteiger partial charge in [0.05, 0.1) is 0 Å². The third-order valence-electron chi connectivity index (χ3n) is 3.38. The number of anilines is 2. The van der Waals surface area contributed by atoms with Gasteiger partial charge in [-0.25, -0.2) is 0 Å². The number of amides is 1. The van der Waals surface area contributed by atoms with Crippen LogP contribution in [0.2, 0.25) is 0 Å². The number of benzene rings is 2. The molecule has 0 aliphatic rings. The monoisotopic (exact) mass is 300 g/mol. The lowest BCUT2D eigenvalue weighted by atomic mass is 10.2. The van der Waals surface area contributed by atoms with Crippen LogP contribution in [0.5, 0.6) is 0 Å². The highest BCUT2D eigenvalue weighted by Crippen LogP contribution is 2.18. The largest absolute Gasteiger partial charge is 0.372 e. The number of hydrogen-bond acceptors (Lipinski definition) is 3. The fourth-order valence-electron chi connectivity index (χ4n) is 2.16. The Morgan fingerprint density at radius 1 is 1.00 bits per heavy atom. The van der Waals surface area contributed by atoms with Crippen LogP contribution in [0.1, 0.15) is 24.2 Å². The van der Waals surface area contributed by atoms with Crippen molar-refractivity contribution in [1.29, 1.82) is 0 Å². The topological polar surface area (TPSA) is 32.3 Å². The average Bonchev–Trinajstić information content (AvgIpc) is 2.51. The Morgan fingerprint density at radius 3 is 2.10 bits per heavy atom. The Labute approximate surface area is 131 Å². The van der Waals surface area contributed by atoms with E-state index in [1.807, 2.05) is 36.4 Å². The summed E-state index contributed by atoms with van der Waals surface area (Å²) in [6.07, 6.45) is 0. The molecule has 0 unspecified atom stereocenters. The van der Waals surface area contributed by atoms with Crippen molar-refractivity contribution < 1.29 is 4.79 Å². The first-order valence-electron chi connectivity index (χ1n) is 7.09. The molecule has 0 fully saturated rings. The van der Waals surface area contributed by atoms with Crippen molar-refractivity contribution in [2.45, 2.75) is 18.7 Å². The molecular weight excluding hydrogens is 280 g/mol. The molecule has 1 amide bonds. The van der Waals surface area contributed by atoms with E-state index in [1.165, 1.54) is 0 Å². The van der Waals surface area contributed by atoms with Crippen LogP contribution in [0.3, 0.4) is 0 Å². The van der Waals surface area contributed by atoms with Crippen molar-refractivity contribution in [1.82, 2.24) is 0 Å². The summed E-state index contributed by atoms with van der Waals surface area (Å²) in [7, 11) is 0. The van der Waals surface area contributed by atoms with E-state index in [4.69, 9.17) is 0 Å². The molecule has 1 N–H and O–H groups in total. The first-order chi connectivity index (χ1) is 10.1. The lowest BCUT2D eigenvalue weighted by molar-refractivity contribution is 0.102. The molecule has 0 atom stereocenters. The van der Waals surface area contributed by atoms with Crippen LogP contribution < -0.4 is 10.2 Å². The molecule has 3 nitrogen and oxygen atoms in total. The van der Waals surface area contributed by atoms with Gasteiger partial charge < -0.3 is 10.2 Å². The Kier molecular flexibility index (Phi) is 5.28. The summed E-state index contributed by atoms with van der Waals surface area (Å²) in [5.41, 5.74) is 2.59. The average molecular weight is 300 g/mol. The maximum absolute atomic E-state index is 12.1. The number of carbonyl (C=O) groups excluding carboxylic acids is 1. The zero-order valence-electron chi connectivity index (χ0n) is 12.3. The lowest BCUT2D eigenvalue weighted by Crippen LogP contribution is -2.21. The van der Waals surface area contributed by atoms with E-state index in [-0.39, 0.29) is 5.91 Å². The molecule has 0 bridgehead atoms. The van der Waals surface area contributed by atoms with Crippen molar-refractivity contribution in [3.8, 4) is 0 Å². The van der Waals surface area contributed by atoms with Crippen molar-refractivity contribution in [2.75, 3.05) is 23.3 Å². The minimum atomic E-state index is -0.112. The van der Waals surface area contributed by atoms with Crippen molar-refractivity contribution >= 4 is 29.9 Å². The van der Waals surface area contributed by atoms with Gasteiger partial charge in [-0.2, -0.15) is 0 Å². The van der Waals surface area contributed by atoms with E-state index in [0.29, 0.717) is 5.56 Å². The lowest BCUT2D eigenvalue weighted by Gasteiger charge is -2.21. The van der Waals surface area contributed by atoms with Crippen molar-refractivity contribution in [3.05, 3.63) is 54.1 Å². The molecule has 0 saturated heterocycles. The molecule has 0 aromatic heterocycles. The molecule has 2 rings (SSSR count). The minimum absolute atomic E-state index is 0.112. The molecule has 0 heterocycles. The highest BCUT2D eigenvalue weighted by atomic mass is 32.1. The first-order valence-corrected chi connectivity index (χ1v) is 7.54. The molecule has 0 aliphatic heterocycles. The second-order valence-electron chi connectivity index (χ2n) is 4.72. The number of thiol groups is 1. The highest BCUT2D eigenvalue weighted by molar-refractivity contribution is 7.80. The summed E-state index contributed by atoms with van der Waals surface area (Å²) >= 11 is 4.21. The maximum atomic E-state index is 12.1. The van der Waals surface area contributed by atoms with Crippen LogP contribution >= 0.6 is 12.6 Å². The van der Waals surface area contributed by atoms with Gasteiger partial charge in [-0.3, -0.25) is 4.79 Å². The predicted octanol–water partition coefficient (Wildman–Crippen LogP) is 4.07. The smallest absolute Gasteiger partial charge is 0.255 e. The third kappa shape index (κ3) is 4.02. The summed E-state index contributed by atoms with van der Waals surface area (Å²) in [5.74, 6) is -0.112. The Bertz CT molecular complexity index is 589. The fraction of sp³-hybridized carbons (Fsp3) is 0.235. The van der Waals surface area contributed by atoms with Crippen LogP contribution in [0, 0.1) is 0 Å². The summed E-state index contributed by atoms with van der Waals surface area (Å²) in [6.45, 7) is 6.20. The Hall–Kier alpha value is -1.94. The van der Waals surface area contributed by atoms with Crippen LogP contribution in [0.15, 0.2) is 53.4 Å². The van der Waals surface area contributed by atoms with Gasteiger partial charge in [0.15, 0.2) is 0 Å². The Morgan fingerprint density at radius 2 is 1.57 bits per heavy atom. The molecule has 0 spiro atoms. The third-order valence-corrected chi connectivity index (χ3v) is 3.68. The molecule has 0 aliphatic carbocycles. The van der Waals surface area contributed by atoms with Gasteiger partial charge >= 0.3 is 0 Å². The van der Waals surface area contributed by atoms with E-state index in [1.54, 1.807) is 12.1 Å². The second kappa shape index (κ2) is 7.18. The Balaban J connectivity index is 2.06. The highest BCUT2D eigenvalue weighted by Gasteiger charge is 2.06. The van der Waals surface area contributed by atoms with Gasteiger partial charge in [0, 0.05) is 34.9 Å². The van der Waals surface area contributed by atoms with Gasteiger partial charge in [-0.1, -0.05) is 0 Å².